The summed E-state index contributed by atoms with van der Waals surface area (Å²) in [7, 11) is 1.57. The summed E-state index contributed by atoms with van der Waals surface area (Å²) < 4.78 is 7.59. The summed E-state index contributed by atoms with van der Waals surface area (Å²) in [4.78, 5) is 62.5. The predicted molar refractivity (Wildman–Crippen MR) is 185 cm³/mol. The second-order valence-electron chi connectivity index (χ2n) is 12.0. The molecule has 2 unspecified atom stereocenters. The van der Waals surface area contributed by atoms with Gasteiger partial charge in [-0.15, -0.1) is 0 Å². The van der Waals surface area contributed by atoms with Crippen molar-refractivity contribution in [3.05, 3.63) is 90.8 Å². The molecule has 1 aliphatic heterocycles. The van der Waals surface area contributed by atoms with Gasteiger partial charge in [0.25, 0.3) is 5.91 Å². The highest BCUT2D eigenvalue weighted by atomic mass is 16.5. The van der Waals surface area contributed by atoms with E-state index in [1.165, 1.54) is 11.9 Å². The zero-order valence-corrected chi connectivity index (χ0v) is 27.5. The van der Waals surface area contributed by atoms with Crippen LogP contribution in [0, 0.1) is 5.92 Å². The van der Waals surface area contributed by atoms with Crippen LogP contribution in [0.15, 0.2) is 79.4 Å². The fourth-order valence-electron chi connectivity index (χ4n) is 6.16. The highest BCUT2D eigenvalue weighted by Gasteiger charge is 2.44. The summed E-state index contributed by atoms with van der Waals surface area (Å²) in [5.41, 5.74) is 10.2. The number of carboxylic acid groups (broad SMARTS) is 2. The van der Waals surface area contributed by atoms with E-state index < -0.39 is 11.9 Å². The van der Waals surface area contributed by atoms with Crippen molar-refractivity contribution in [2.45, 2.75) is 31.2 Å². The molecule has 2 atom stereocenters. The second-order valence-corrected chi connectivity index (χ2v) is 12.0. The molecule has 5 aromatic rings. The van der Waals surface area contributed by atoms with Gasteiger partial charge in [0.2, 0.25) is 5.91 Å². The monoisotopic (exact) mass is 693 g/mol. The smallest absolute Gasteiger partial charge is 0.328 e. The molecule has 51 heavy (non-hydrogen) atoms. The average molecular weight is 694 g/mol. The van der Waals surface area contributed by atoms with E-state index in [4.69, 9.17) is 25.8 Å². The predicted octanol–water partition coefficient (Wildman–Crippen LogP) is 3.74. The molecule has 7 rings (SSSR count). The second kappa shape index (κ2) is 14.9. The highest BCUT2D eigenvalue weighted by Crippen LogP contribution is 2.48. The number of nitrogens with two attached hydrogens (primary N) is 1. The van der Waals surface area contributed by atoms with Gasteiger partial charge >= 0.3 is 11.9 Å². The molecule has 3 aromatic heterocycles. The SMILES string of the molecule is COc1cc(-c2nn(C3CCN(C(=O)c4ncc[nH]4)CC3)c3ncnc(N)c23)ccc1NC(=O)C1CC1c1ccccc1.O=C(O)C=CC(=O)O. The van der Waals surface area contributed by atoms with Gasteiger partial charge in [0.15, 0.2) is 11.5 Å². The molecule has 262 valence electrons. The van der Waals surface area contributed by atoms with Gasteiger partial charge in [-0.1, -0.05) is 36.4 Å². The molecule has 1 aliphatic carbocycles. The van der Waals surface area contributed by atoms with Crippen molar-refractivity contribution in [3.63, 3.8) is 0 Å². The summed E-state index contributed by atoms with van der Waals surface area (Å²) in [5.74, 6) is -1.29. The maximum atomic E-state index is 13.1. The number of aliphatic carboxylic acids is 2. The number of likely N-dealkylation sites (tertiary alicyclic amines) is 1. The number of methoxy groups -OCH3 is 1. The number of ether oxygens (including phenoxy) is 1. The molecule has 2 aromatic carbocycles. The molecule has 16 nitrogen and oxygen atoms in total. The number of benzene rings is 2. The first-order valence-corrected chi connectivity index (χ1v) is 16.1. The summed E-state index contributed by atoms with van der Waals surface area (Å²) in [6.07, 6.45) is 8.00. The summed E-state index contributed by atoms with van der Waals surface area (Å²) in [6, 6.07) is 15.7. The molecule has 2 amide bonds. The van der Waals surface area contributed by atoms with Gasteiger partial charge in [-0.25, -0.2) is 29.2 Å². The minimum absolute atomic E-state index is 0.0164. The zero-order valence-electron chi connectivity index (χ0n) is 27.5. The quantitative estimate of drug-likeness (QED) is 0.139. The lowest BCUT2D eigenvalue weighted by Gasteiger charge is -2.31. The summed E-state index contributed by atoms with van der Waals surface area (Å²) in [6.45, 7) is 1.13. The van der Waals surface area contributed by atoms with E-state index in [0.717, 1.165) is 12.0 Å². The molecule has 1 saturated carbocycles. The third-order valence-corrected chi connectivity index (χ3v) is 8.77. The minimum Gasteiger partial charge on any atom is -0.495 e. The van der Waals surface area contributed by atoms with Crippen LogP contribution in [0.2, 0.25) is 0 Å². The lowest BCUT2D eigenvalue weighted by Crippen LogP contribution is -2.39. The number of anilines is 2. The van der Waals surface area contributed by atoms with Crippen LogP contribution in [0.3, 0.4) is 0 Å². The van der Waals surface area contributed by atoms with Gasteiger partial charge in [-0.3, -0.25) is 9.59 Å². The number of aromatic nitrogens is 6. The van der Waals surface area contributed by atoms with Gasteiger partial charge < -0.3 is 35.9 Å². The number of nitrogen functional groups attached to an aromatic ring is 1. The van der Waals surface area contributed by atoms with Gasteiger partial charge in [-0.05, 0) is 42.9 Å². The zero-order chi connectivity index (χ0) is 36.1. The van der Waals surface area contributed by atoms with Crippen LogP contribution in [-0.2, 0) is 14.4 Å². The first-order valence-electron chi connectivity index (χ1n) is 16.1. The Kier molecular flexibility index (Phi) is 10.0. The number of rotatable bonds is 9. The molecule has 0 spiro atoms. The average Bonchev–Trinajstić information content (AvgIpc) is 3.56. The molecular formula is C35H35N9O7. The molecule has 6 N–H and O–H groups in total. The molecule has 1 saturated heterocycles. The fraction of sp³-hybridized carbons (Fsp3) is 0.257. The van der Waals surface area contributed by atoms with Crippen LogP contribution in [0.4, 0.5) is 11.5 Å². The number of hydrogen-bond acceptors (Lipinski definition) is 10. The molecule has 2 fully saturated rings. The van der Waals surface area contributed by atoms with E-state index in [-0.39, 0.29) is 29.7 Å². The number of imidazole rings is 1. The molecule has 2 aliphatic rings. The standard InChI is InChI=1S/C31H31N9O3.C4H4O4/c1-43-24-15-19(7-8-23(24)37-30(41)22-16-21(22)18-5-3-2-4-6-18)26-25-27(32)35-17-36-29(25)40(38-26)20-9-13-39(14-10-20)31(42)28-33-11-12-34-28;5-3(6)1-2-4(7)8/h2-8,11-12,15,17,20-22H,9-10,13-14,16H2,1H3,(H,33,34)(H,37,41)(H2,32,35,36);1-2H,(H,5,6)(H,7,8). The van der Waals surface area contributed by atoms with Crippen LogP contribution < -0.4 is 15.8 Å². The van der Waals surface area contributed by atoms with Crippen molar-refractivity contribution < 1.29 is 34.1 Å². The van der Waals surface area contributed by atoms with Crippen molar-refractivity contribution in [1.29, 1.82) is 0 Å². The van der Waals surface area contributed by atoms with Crippen LogP contribution in [0.1, 0.15) is 47.4 Å². The third-order valence-electron chi connectivity index (χ3n) is 8.77. The lowest BCUT2D eigenvalue weighted by molar-refractivity contribution is -0.134. The number of fused-ring (bicyclic) bond motifs is 1. The Labute approximate surface area is 291 Å². The van der Waals surface area contributed by atoms with E-state index in [9.17, 15) is 19.2 Å². The first kappa shape index (κ1) is 34.3. The number of amides is 2. The van der Waals surface area contributed by atoms with Crippen molar-refractivity contribution >= 4 is 46.3 Å². The van der Waals surface area contributed by atoms with Crippen molar-refractivity contribution in [2.24, 2.45) is 5.92 Å². The Bertz CT molecular complexity index is 2070. The maximum absolute atomic E-state index is 13.1. The normalized spacial score (nSPS) is 17.1. The Morgan fingerprint density at radius 2 is 1.73 bits per heavy atom. The topological polar surface area (TPSA) is 232 Å². The Hall–Kier alpha value is -6.58. The Morgan fingerprint density at radius 1 is 1.00 bits per heavy atom. The largest absolute Gasteiger partial charge is 0.495 e. The van der Waals surface area contributed by atoms with Crippen molar-refractivity contribution in [2.75, 3.05) is 31.2 Å². The molecule has 0 radical (unpaired) electrons. The first-order chi connectivity index (χ1) is 24.6. The molecule has 4 heterocycles. The Balaban J connectivity index is 0.000000503. The summed E-state index contributed by atoms with van der Waals surface area (Å²) in [5, 5.41) is 24.3. The number of carbonyl (C=O) groups excluding carboxylic acids is 2. The van der Waals surface area contributed by atoms with Gasteiger partial charge in [0, 0.05) is 49.1 Å². The van der Waals surface area contributed by atoms with E-state index in [1.807, 2.05) is 41.1 Å². The number of carboxylic acids is 2. The summed E-state index contributed by atoms with van der Waals surface area (Å²) >= 11 is 0. The molecular weight excluding hydrogens is 658 g/mol. The van der Waals surface area contributed by atoms with E-state index in [0.29, 0.717) is 77.9 Å². The van der Waals surface area contributed by atoms with Crippen LogP contribution in [0.5, 0.6) is 5.75 Å². The number of carbonyl (C=O) groups is 4. The van der Waals surface area contributed by atoms with Crippen LogP contribution in [0.25, 0.3) is 22.3 Å². The highest BCUT2D eigenvalue weighted by molar-refractivity contribution is 6.00. The van der Waals surface area contributed by atoms with E-state index in [2.05, 4.69) is 37.4 Å². The van der Waals surface area contributed by atoms with Gasteiger partial charge in [0.1, 0.15) is 23.6 Å². The van der Waals surface area contributed by atoms with Gasteiger partial charge in [-0.2, -0.15) is 5.10 Å². The Morgan fingerprint density at radius 3 is 2.37 bits per heavy atom. The van der Waals surface area contributed by atoms with Crippen molar-refractivity contribution in [1.82, 2.24) is 34.6 Å². The number of aromatic amines is 1. The fourth-order valence-corrected chi connectivity index (χ4v) is 6.16. The van der Waals surface area contributed by atoms with Crippen LogP contribution >= 0.6 is 0 Å². The van der Waals surface area contributed by atoms with Crippen molar-refractivity contribution in [3.8, 4) is 17.0 Å². The van der Waals surface area contributed by atoms with Crippen LogP contribution in [-0.4, -0.2) is 88.8 Å². The number of hydrogen-bond donors (Lipinski definition) is 5. The van der Waals surface area contributed by atoms with E-state index in [1.54, 1.807) is 24.4 Å². The number of H-pyrrole nitrogens is 1. The maximum Gasteiger partial charge on any atom is 0.328 e. The minimum atomic E-state index is -1.26. The van der Waals surface area contributed by atoms with Gasteiger partial charge in [0.05, 0.1) is 24.2 Å². The number of nitrogens with zero attached hydrogens (tertiary/aromatic N) is 6. The van der Waals surface area contributed by atoms with E-state index >= 15 is 0 Å². The third kappa shape index (κ3) is 7.69. The number of piperidine rings is 1. The molecule has 0 bridgehead atoms. The molecule has 16 heteroatoms. The lowest BCUT2D eigenvalue weighted by atomic mass is 10.0. The number of nitrogens with one attached hydrogen (secondary N) is 2.